The molecule has 0 aromatic carbocycles. The van der Waals surface area contributed by atoms with Gasteiger partial charge in [0.25, 0.3) is 0 Å². The lowest BCUT2D eigenvalue weighted by molar-refractivity contribution is -0.134. The van der Waals surface area contributed by atoms with Gasteiger partial charge in [-0.1, -0.05) is 0 Å². The quantitative estimate of drug-likeness (QED) is 0.653. The van der Waals surface area contributed by atoms with Gasteiger partial charge in [0.2, 0.25) is 0 Å². The number of nitrogens with two attached hydrogens (primary N) is 1. The molecule has 0 amide bonds. The fourth-order valence-electron chi connectivity index (χ4n) is 2.18. The number of aliphatic imine (C=N–C) groups is 1. The van der Waals surface area contributed by atoms with E-state index < -0.39 is 11.9 Å². The Hall–Kier alpha value is -1.89. The highest BCUT2D eigenvalue weighted by molar-refractivity contribution is 5.89. The fourth-order valence-corrected chi connectivity index (χ4v) is 2.18. The third-order valence-electron chi connectivity index (χ3n) is 3.05. The van der Waals surface area contributed by atoms with Gasteiger partial charge in [0.15, 0.2) is 5.72 Å². The Kier molecular flexibility index (Phi) is 6.17. The number of aliphatic carboxylic acids is 2. The van der Waals surface area contributed by atoms with Crippen LogP contribution in [0.4, 0.5) is 0 Å². The second-order valence-corrected chi connectivity index (χ2v) is 4.72. The largest absolute Gasteiger partial charge is 0.478 e. The predicted molar refractivity (Wildman–Crippen MR) is 72.4 cm³/mol. The Morgan fingerprint density at radius 3 is 2.20 bits per heavy atom. The summed E-state index contributed by atoms with van der Waals surface area (Å²) in [6, 6.07) is 0. The normalized spacial score (nSPS) is 25.7. The van der Waals surface area contributed by atoms with Crippen molar-refractivity contribution in [2.45, 2.75) is 44.2 Å². The molecule has 0 aliphatic carbocycles. The molecule has 2 heterocycles. The second kappa shape index (κ2) is 7.64. The molecule has 2 rings (SSSR count). The molecule has 20 heavy (non-hydrogen) atoms. The third-order valence-corrected chi connectivity index (χ3v) is 3.05. The molecular weight excluding hydrogens is 264 g/mol. The van der Waals surface area contributed by atoms with Gasteiger partial charge in [0.05, 0.1) is 5.84 Å². The van der Waals surface area contributed by atoms with Crippen molar-refractivity contribution < 1.29 is 24.5 Å². The Balaban J connectivity index is 0.000000221. The van der Waals surface area contributed by atoms with Crippen LogP contribution in [0.1, 0.15) is 38.5 Å². The summed E-state index contributed by atoms with van der Waals surface area (Å²) in [5.74, 6) is -1.73. The number of carboxylic acids is 2. The Labute approximate surface area is 117 Å². The zero-order chi connectivity index (χ0) is 15.0. The molecule has 0 bridgehead atoms. The molecule has 112 valence electrons. The van der Waals surface area contributed by atoms with Crippen LogP contribution in [0.3, 0.4) is 0 Å². The first-order valence-corrected chi connectivity index (χ1v) is 6.56. The van der Waals surface area contributed by atoms with Crippen molar-refractivity contribution in [3.63, 3.8) is 0 Å². The molecule has 0 radical (unpaired) electrons. The van der Waals surface area contributed by atoms with E-state index in [1.807, 2.05) is 0 Å². The van der Waals surface area contributed by atoms with Gasteiger partial charge in [-0.25, -0.2) is 14.6 Å². The maximum absolute atomic E-state index is 9.55. The van der Waals surface area contributed by atoms with Crippen molar-refractivity contribution in [3.05, 3.63) is 12.2 Å². The highest BCUT2D eigenvalue weighted by Gasteiger charge is 2.34. The SMILES string of the molecule is NC1=NC2(CCCCO2)CCC1.O=C(O)/C=C\C(=O)O. The highest BCUT2D eigenvalue weighted by Crippen LogP contribution is 2.33. The van der Waals surface area contributed by atoms with Crippen LogP contribution >= 0.6 is 0 Å². The second-order valence-electron chi connectivity index (χ2n) is 4.72. The predicted octanol–water partition coefficient (Wildman–Crippen LogP) is 1.14. The maximum Gasteiger partial charge on any atom is 0.328 e. The molecular formula is C13H20N2O5. The van der Waals surface area contributed by atoms with Gasteiger partial charge in [0, 0.05) is 25.2 Å². The summed E-state index contributed by atoms with van der Waals surface area (Å²) in [5.41, 5.74) is 5.50. The molecule has 0 saturated carbocycles. The van der Waals surface area contributed by atoms with E-state index in [0.29, 0.717) is 12.2 Å². The average Bonchev–Trinajstić information content (AvgIpc) is 2.38. The molecule has 7 nitrogen and oxygen atoms in total. The van der Waals surface area contributed by atoms with Gasteiger partial charge < -0.3 is 20.7 Å². The van der Waals surface area contributed by atoms with Crippen LogP contribution in [0.25, 0.3) is 0 Å². The molecule has 2 aliphatic rings. The van der Waals surface area contributed by atoms with Crippen LogP contribution in [-0.4, -0.2) is 40.3 Å². The van der Waals surface area contributed by atoms with Gasteiger partial charge >= 0.3 is 11.9 Å². The zero-order valence-electron chi connectivity index (χ0n) is 11.2. The minimum Gasteiger partial charge on any atom is -0.478 e. The van der Waals surface area contributed by atoms with Gasteiger partial charge in [0.1, 0.15) is 0 Å². The van der Waals surface area contributed by atoms with E-state index in [2.05, 4.69) is 4.99 Å². The smallest absolute Gasteiger partial charge is 0.328 e. The van der Waals surface area contributed by atoms with E-state index in [1.165, 1.54) is 12.8 Å². The molecule has 0 aromatic rings. The molecule has 1 fully saturated rings. The summed E-state index contributed by atoms with van der Waals surface area (Å²) in [7, 11) is 0. The molecule has 0 aromatic heterocycles. The Morgan fingerprint density at radius 2 is 1.75 bits per heavy atom. The highest BCUT2D eigenvalue weighted by atomic mass is 16.5. The lowest BCUT2D eigenvalue weighted by Crippen LogP contribution is -2.39. The Bertz CT molecular complexity index is 395. The van der Waals surface area contributed by atoms with E-state index in [4.69, 9.17) is 20.7 Å². The molecule has 2 aliphatic heterocycles. The van der Waals surface area contributed by atoms with Crippen LogP contribution in [0.15, 0.2) is 17.1 Å². The van der Waals surface area contributed by atoms with Crippen molar-refractivity contribution in [2.75, 3.05) is 6.61 Å². The molecule has 1 unspecified atom stereocenters. The Morgan fingerprint density at radius 1 is 1.15 bits per heavy atom. The lowest BCUT2D eigenvalue weighted by atomic mass is 9.94. The van der Waals surface area contributed by atoms with E-state index in [9.17, 15) is 9.59 Å². The van der Waals surface area contributed by atoms with E-state index >= 15 is 0 Å². The van der Waals surface area contributed by atoms with E-state index in [1.54, 1.807) is 0 Å². The number of hydrogen-bond acceptors (Lipinski definition) is 5. The average molecular weight is 284 g/mol. The number of rotatable bonds is 2. The minimum atomic E-state index is -1.26. The first kappa shape index (κ1) is 16.2. The molecule has 7 heteroatoms. The van der Waals surface area contributed by atoms with Crippen molar-refractivity contribution in [2.24, 2.45) is 10.7 Å². The van der Waals surface area contributed by atoms with Crippen LogP contribution in [0.2, 0.25) is 0 Å². The summed E-state index contributed by atoms with van der Waals surface area (Å²) in [6.07, 6.45) is 7.74. The molecule has 1 atom stereocenters. The van der Waals surface area contributed by atoms with Crippen LogP contribution in [0.5, 0.6) is 0 Å². The van der Waals surface area contributed by atoms with Crippen LogP contribution < -0.4 is 5.73 Å². The maximum atomic E-state index is 9.55. The number of amidine groups is 1. The zero-order valence-corrected chi connectivity index (χ0v) is 11.2. The van der Waals surface area contributed by atoms with Gasteiger partial charge in [-0.15, -0.1) is 0 Å². The number of carboxylic acid groups (broad SMARTS) is 2. The van der Waals surface area contributed by atoms with Gasteiger partial charge in [-0.2, -0.15) is 0 Å². The number of nitrogens with zero attached hydrogens (tertiary/aromatic N) is 1. The molecule has 1 spiro atoms. The first-order chi connectivity index (χ1) is 9.43. The lowest BCUT2D eigenvalue weighted by Gasteiger charge is -2.36. The number of carbonyl (C=O) groups is 2. The molecule has 4 N–H and O–H groups in total. The summed E-state index contributed by atoms with van der Waals surface area (Å²) in [6.45, 7) is 0.858. The van der Waals surface area contributed by atoms with E-state index in [-0.39, 0.29) is 5.72 Å². The van der Waals surface area contributed by atoms with Crippen molar-refractivity contribution in [1.82, 2.24) is 0 Å². The van der Waals surface area contributed by atoms with E-state index in [0.717, 1.165) is 38.1 Å². The van der Waals surface area contributed by atoms with Crippen LogP contribution in [-0.2, 0) is 14.3 Å². The van der Waals surface area contributed by atoms with Gasteiger partial charge in [-0.3, -0.25) is 0 Å². The summed E-state index contributed by atoms with van der Waals surface area (Å²) >= 11 is 0. The standard InChI is InChI=1S/C9H16N2O.C4H4O4/c10-8-4-3-6-9(11-8)5-1-2-7-12-9;5-3(6)1-2-4(7)8/h1-7H2,(H2,10,11);1-2H,(H,5,6)(H,7,8)/b;2-1-. The van der Waals surface area contributed by atoms with Crippen LogP contribution in [0, 0.1) is 0 Å². The topological polar surface area (TPSA) is 122 Å². The summed E-state index contributed by atoms with van der Waals surface area (Å²) in [4.78, 5) is 23.6. The molecule has 1 saturated heterocycles. The number of hydrogen-bond donors (Lipinski definition) is 3. The summed E-state index contributed by atoms with van der Waals surface area (Å²) in [5, 5.41) is 15.6. The van der Waals surface area contributed by atoms with Gasteiger partial charge in [-0.05, 0) is 32.1 Å². The summed E-state index contributed by atoms with van der Waals surface area (Å²) < 4.78 is 5.71. The first-order valence-electron chi connectivity index (χ1n) is 6.56. The fraction of sp³-hybridized carbons (Fsp3) is 0.615. The minimum absolute atomic E-state index is 0.208. The number of ether oxygens (including phenoxy) is 1. The third kappa shape index (κ3) is 5.83. The van der Waals surface area contributed by atoms with Crippen molar-refractivity contribution >= 4 is 17.8 Å². The monoisotopic (exact) mass is 284 g/mol. The van der Waals surface area contributed by atoms with Crippen molar-refractivity contribution in [1.29, 1.82) is 0 Å². The van der Waals surface area contributed by atoms with Crippen molar-refractivity contribution in [3.8, 4) is 0 Å².